The zero-order chi connectivity index (χ0) is 19.7. The highest BCUT2D eigenvalue weighted by molar-refractivity contribution is 5.58. The minimum absolute atomic E-state index is 0.204. The number of nitrogens with zero attached hydrogens (tertiary/aromatic N) is 4. The van der Waals surface area contributed by atoms with Gasteiger partial charge in [-0.3, -0.25) is 4.79 Å². The fourth-order valence-electron chi connectivity index (χ4n) is 2.77. The minimum atomic E-state index is -0.707. The summed E-state index contributed by atoms with van der Waals surface area (Å²) in [6.45, 7) is 1.91. The average molecular weight is 380 g/mol. The fraction of sp³-hybridized carbons (Fsp3) is 0.100. The van der Waals surface area contributed by atoms with Gasteiger partial charge in [-0.2, -0.15) is 10.1 Å². The molecule has 0 saturated heterocycles. The Bertz CT molecular complexity index is 1180. The van der Waals surface area contributed by atoms with Crippen LogP contribution in [-0.4, -0.2) is 19.9 Å². The van der Waals surface area contributed by atoms with Crippen LogP contribution in [0.25, 0.3) is 22.6 Å². The molecule has 8 heteroatoms. The van der Waals surface area contributed by atoms with Gasteiger partial charge in [0, 0.05) is 30.2 Å². The lowest BCUT2D eigenvalue weighted by Crippen LogP contribution is -2.22. The number of hydrogen-bond donors (Lipinski definition) is 0. The Morgan fingerprint density at radius 3 is 2.32 bits per heavy atom. The average Bonchev–Trinajstić information content (AvgIpc) is 3.10. The first-order valence-corrected chi connectivity index (χ1v) is 8.42. The van der Waals surface area contributed by atoms with E-state index in [0.717, 1.165) is 17.2 Å². The maximum absolute atomic E-state index is 13.5. The van der Waals surface area contributed by atoms with Crippen molar-refractivity contribution in [2.75, 3.05) is 0 Å². The molecule has 0 aliphatic carbocycles. The molecule has 2 heterocycles. The van der Waals surface area contributed by atoms with E-state index in [1.165, 1.54) is 28.9 Å². The van der Waals surface area contributed by atoms with Gasteiger partial charge in [-0.1, -0.05) is 29.4 Å². The highest BCUT2D eigenvalue weighted by Gasteiger charge is 2.09. The molecular weight excluding hydrogens is 366 g/mol. The lowest BCUT2D eigenvalue weighted by molar-refractivity contribution is 0.394. The quantitative estimate of drug-likeness (QED) is 0.541. The Morgan fingerprint density at radius 1 is 0.964 bits per heavy atom. The Morgan fingerprint density at radius 2 is 1.68 bits per heavy atom. The number of halogens is 2. The van der Waals surface area contributed by atoms with E-state index in [9.17, 15) is 13.6 Å². The first kappa shape index (κ1) is 17.7. The molecule has 0 N–H and O–H groups in total. The second-order valence-electron chi connectivity index (χ2n) is 6.21. The van der Waals surface area contributed by atoms with Crippen LogP contribution in [0.15, 0.2) is 63.9 Å². The molecule has 0 aliphatic rings. The zero-order valence-electron chi connectivity index (χ0n) is 14.8. The van der Waals surface area contributed by atoms with Crippen LogP contribution >= 0.6 is 0 Å². The van der Waals surface area contributed by atoms with Crippen LogP contribution in [0.3, 0.4) is 0 Å². The van der Waals surface area contributed by atoms with Crippen molar-refractivity contribution in [1.29, 1.82) is 0 Å². The van der Waals surface area contributed by atoms with Crippen LogP contribution in [0.2, 0.25) is 0 Å². The van der Waals surface area contributed by atoms with Gasteiger partial charge in [0.15, 0.2) is 0 Å². The second kappa shape index (κ2) is 7.15. The second-order valence-corrected chi connectivity index (χ2v) is 6.21. The van der Waals surface area contributed by atoms with Gasteiger partial charge < -0.3 is 4.52 Å². The van der Waals surface area contributed by atoms with E-state index in [1.807, 2.05) is 24.3 Å². The maximum Gasteiger partial charge on any atom is 0.267 e. The number of hydrogen-bond acceptors (Lipinski definition) is 5. The molecule has 0 unspecified atom stereocenters. The SMILES string of the molecule is Cc1nc(-c2ccc(Cn3nc(-c4cc(F)cc(F)c4)ccc3=O)cc2)no1. The molecule has 0 saturated carbocycles. The van der Waals surface area contributed by atoms with Gasteiger partial charge in [-0.15, -0.1) is 0 Å². The summed E-state index contributed by atoms with van der Waals surface area (Å²) in [6, 6.07) is 13.2. The summed E-state index contributed by atoms with van der Waals surface area (Å²) in [7, 11) is 0. The predicted molar refractivity (Wildman–Crippen MR) is 97.4 cm³/mol. The van der Waals surface area contributed by atoms with Crippen molar-refractivity contribution in [2.24, 2.45) is 0 Å². The minimum Gasteiger partial charge on any atom is -0.339 e. The molecule has 0 spiro atoms. The van der Waals surface area contributed by atoms with E-state index >= 15 is 0 Å². The van der Waals surface area contributed by atoms with Crippen LogP contribution in [0.1, 0.15) is 11.5 Å². The van der Waals surface area contributed by atoms with Crippen molar-refractivity contribution < 1.29 is 13.3 Å². The van der Waals surface area contributed by atoms with Gasteiger partial charge in [0.2, 0.25) is 11.7 Å². The Labute approximate surface area is 158 Å². The molecule has 0 amide bonds. The maximum atomic E-state index is 13.5. The summed E-state index contributed by atoms with van der Waals surface area (Å²) in [4.78, 5) is 16.3. The largest absolute Gasteiger partial charge is 0.339 e. The van der Waals surface area contributed by atoms with Crippen molar-refractivity contribution in [3.05, 3.63) is 88.0 Å². The van der Waals surface area contributed by atoms with Crippen molar-refractivity contribution in [3.8, 4) is 22.6 Å². The Hall–Kier alpha value is -3.68. The molecule has 6 nitrogen and oxygen atoms in total. The van der Waals surface area contributed by atoms with E-state index < -0.39 is 11.6 Å². The zero-order valence-corrected chi connectivity index (χ0v) is 14.8. The predicted octanol–water partition coefficient (Wildman–Crippen LogP) is 3.60. The number of aromatic nitrogens is 4. The number of aryl methyl sites for hydroxylation is 1. The molecule has 140 valence electrons. The molecular formula is C20H14F2N4O2. The van der Waals surface area contributed by atoms with Gasteiger partial charge in [0.1, 0.15) is 11.6 Å². The topological polar surface area (TPSA) is 73.8 Å². The van der Waals surface area contributed by atoms with E-state index in [4.69, 9.17) is 4.52 Å². The molecule has 4 aromatic rings. The van der Waals surface area contributed by atoms with Crippen LogP contribution in [0, 0.1) is 18.6 Å². The Kier molecular flexibility index (Phi) is 4.52. The van der Waals surface area contributed by atoms with E-state index in [0.29, 0.717) is 17.4 Å². The summed E-state index contributed by atoms with van der Waals surface area (Å²) in [5.74, 6) is -0.460. The third-order valence-electron chi connectivity index (χ3n) is 4.10. The van der Waals surface area contributed by atoms with Gasteiger partial charge in [-0.05, 0) is 23.8 Å². The highest BCUT2D eigenvalue weighted by atomic mass is 19.1. The van der Waals surface area contributed by atoms with Crippen LogP contribution in [0.5, 0.6) is 0 Å². The molecule has 28 heavy (non-hydrogen) atoms. The highest BCUT2D eigenvalue weighted by Crippen LogP contribution is 2.19. The third kappa shape index (κ3) is 3.71. The standard InChI is InChI=1S/C20H14F2N4O2/c1-12-23-20(25-28-12)14-4-2-13(3-5-14)11-26-19(27)7-6-18(24-26)15-8-16(21)10-17(22)9-15/h2-10H,11H2,1H3. The molecule has 0 aliphatic heterocycles. The molecule has 4 rings (SSSR count). The number of benzene rings is 2. The fourth-order valence-corrected chi connectivity index (χ4v) is 2.77. The smallest absolute Gasteiger partial charge is 0.267 e. The van der Waals surface area contributed by atoms with E-state index in [-0.39, 0.29) is 17.7 Å². The molecule has 0 fully saturated rings. The molecule has 2 aromatic carbocycles. The van der Waals surface area contributed by atoms with Crippen LogP contribution in [-0.2, 0) is 6.54 Å². The monoisotopic (exact) mass is 380 g/mol. The first-order chi connectivity index (χ1) is 13.5. The summed E-state index contributed by atoms with van der Waals surface area (Å²) in [5.41, 5.74) is 1.84. The third-order valence-corrected chi connectivity index (χ3v) is 4.10. The number of rotatable bonds is 4. The summed E-state index contributed by atoms with van der Waals surface area (Å²) in [5, 5.41) is 8.09. The van der Waals surface area contributed by atoms with Gasteiger partial charge >= 0.3 is 0 Å². The van der Waals surface area contributed by atoms with Crippen LogP contribution in [0.4, 0.5) is 8.78 Å². The lowest BCUT2D eigenvalue weighted by Gasteiger charge is -2.08. The van der Waals surface area contributed by atoms with Crippen molar-refractivity contribution >= 4 is 0 Å². The molecule has 0 radical (unpaired) electrons. The van der Waals surface area contributed by atoms with Crippen molar-refractivity contribution in [1.82, 2.24) is 19.9 Å². The first-order valence-electron chi connectivity index (χ1n) is 8.42. The normalized spacial score (nSPS) is 11.0. The lowest BCUT2D eigenvalue weighted by atomic mass is 10.1. The van der Waals surface area contributed by atoms with E-state index in [2.05, 4.69) is 15.2 Å². The Balaban J connectivity index is 1.62. The molecule has 2 aromatic heterocycles. The van der Waals surface area contributed by atoms with Crippen molar-refractivity contribution in [2.45, 2.75) is 13.5 Å². The van der Waals surface area contributed by atoms with Crippen LogP contribution < -0.4 is 5.56 Å². The summed E-state index contributed by atoms with van der Waals surface area (Å²) in [6.07, 6.45) is 0. The summed E-state index contributed by atoms with van der Waals surface area (Å²) >= 11 is 0. The van der Waals surface area contributed by atoms with E-state index in [1.54, 1.807) is 6.92 Å². The molecule has 0 atom stereocenters. The van der Waals surface area contributed by atoms with Gasteiger partial charge in [0.05, 0.1) is 12.2 Å². The van der Waals surface area contributed by atoms with Gasteiger partial charge in [-0.25, -0.2) is 13.5 Å². The molecule has 0 bridgehead atoms. The van der Waals surface area contributed by atoms with Crippen molar-refractivity contribution in [3.63, 3.8) is 0 Å². The summed E-state index contributed by atoms with van der Waals surface area (Å²) < 4.78 is 33.1. The van der Waals surface area contributed by atoms with Gasteiger partial charge in [0.25, 0.3) is 5.56 Å².